The predicted octanol–water partition coefficient (Wildman–Crippen LogP) is 2.69. The number of aliphatic hydroxyl groups is 1. The summed E-state index contributed by atoms with van der Waals surface area (Å²) in [6.45, 7) is 5.76. The maximum Gasteiger partial charge on any atom is 0.136 e. The second-order valence-electron chi connectivity index (χ2n) is 5.47. The maximum absolute atomic E-state index is 12.9. The number of benzene rings is 1. The van der Waals surface area contributed by atoms with Crippen molar-refractivity contribution in [3.05, 3.63) is 35.6 Å². The molecule has 0 saturated heterocycles. The summed E-state index contributed by atoms with van der Waals surface area (Å²) in [6.07, 6.45) is 1.26. The average molecular weight is 287 g/mol. The Morgan fingerprint density at radius 3 is 2.37 bits per heavy atom. The van der Waals surface area contributed by atoms with Gasteiger partial charge in [-0.05, 0) is 51.3 Å². The topological polar surface area (TPSA) is 55.3 Å². The monoisotopic (exact) mass is 287 g/mol. The first-order valence-corrected chi connectivity index (χ1v) is 7.54. The second-order valence-corrected chi connectivity index (χ2v) is 7.47. The molecule has 0 fully saturated rings. The molecule has 2 atom stereocenters. The molecule has 108 valence electrons. The van der Waals surface area contributed by atoms with E-state index in [-0.39, 0.29) is 23.2 Å². The van der Waals surface area contributed by atoms with Crippen molar-refractivity contribution in [3.8, 4) is 0 Å². The van der Waals surface area contributed by atoms with E-state index in [0.717, 1.165) is 5.56 Å². The fourth-order valence-electron chi connectivity index (χ4n) is 1.59. The van der Waals surface area contributed by atoms with E-state index in [2.05, 4.69) is 4.72 Å². The molecule has 1 unspecified atom stereocenters. The van der Waals surface area contributed by atoms with Gasteiger partial charge in [-0.25, -0.2) is 4.39 Å². The van der Waals surface area contributed by atoms with E-state index in [0.29, 0.717) is 12.8 Å². The first-order chi connectivity index (χ1) is 8.84. The molecule has 0 aliphatic rings. The molecule has 1 rings (SSSR count). The van der Waals surface area contributed by atoms with Crippen LogP contribution in [-0.2, 0) is 11.4 Å². The van der Waals surface area contributed by atoms with Gasteiger partial charge in [-0.15, -0.1) is 4.72 Å². The fourth-order valence-corrected chi connectivity index (χ4v) is 2.46. The van der Waals surface area contributed by atoms with Crippen molar-refractivity contribution < 1.29 is 14.0 Å². The lowest BCUT2D eigenvalue weighted by Crippen LogP contribution is -2.41. The Morgan fingerprint density at radius 1 is 1.32 bits per heavy atom. The van der Waals surface area contributed by atoms with Gasteiger partial charge in [0, 0.05) is 18.0 Å². The SMILES string of the molecule is CC(C)(C)[S+]([O-])N[C@@H](CCCO)c1ccc(F)cc1. The van der Waals surface area contributed by atoms with E-state index >= 15 is 0 Å². The Morgan fingerprint density at radius 2 is 1.89 bits per heavy atom. The molecule has 1 aromatic carbocycles. The number of halogens is 1. The van der Waals surface area contributed by atoms with Gasteiger partial charge >= 0.3 is 0 Å². The second kappa shape index (κ2) is 7.24. The number of aliphatic hydroxyl groups excluding tert-OH is 1. The van der Waals surface area contributed by atoms with Crippen molar-refractivity contribution in [1.29, 1.82) is 0 Å². The minimum Gasteiger partial charge on any atom is -0.598 e. The summed E-state index contributed by atoms with van der Waals surface area (Å²) in [7, 11) is 0. The van der Waals surface area contributed by atoms with Crippen molar-refractivity contribution in [1.82, 2.24) is 4.72 Å². The summed E-state index contributed by atoms with van der Waals surface area (Å²) in [5, 5.41) is 8.94. The minimum absolute atomic E-state index is 0.0848. The highest BCUT2D eigenvalue weighted by molar-refractivity contribution is 7.90. The third-order valence-electron chi connectivity index (χ3n) is 2.73. The van der Waals surface area contributed by atoms with Gasteiger partial charge < -0.3 is 9.66 Å². The standard InChI is InChI=1S/C14H22FNO2S/c1-14(2,3)19(18)16-13(5-4-10-17)11-6-8-12(15)9-7-11/h6-9,13,16-17H,4-5,10H2,1-3H3/t13-,19?/m0/s1. The first kappa shape index (κ1) is 16.4. The lowest BCUT2D eigenvalue weighted by Gasteiger charge is -2.28. The first-order valence-electron chi connectivity index (χ1n) is 6.39. The zero-order chi connectivity index (χ0) is 14.5. The van der Waals surface area contributed by atoms with Crippen LogP contribution in [0.3, 0.4) is 0 Å². The minimum atomic E-state index is -1.20. The Bertz CT molecular complexity index is 378. The molecule has 0 aliphatic carbocycles. The molecule has 0 spiro atoms. The van der Waals surface area contributed by atoms with Gasteiger partial charge in [0.2, 0.25) is 0 Å². The van der Waals surface area contributed by atoms with Crippen LogP contribution in [0.5, 0.6) is 0 Å². The molecule has 3 nitrogen and oxygen atoms in total. The Hall–Kier alpha value is -0.620. The zero-order valence-electron chi connectivity index (χ0n) is 11.6. The summed E-state index contributed by atoms with van der Waals surface area (Å²) in [4.78, 5) is 0. The maximum atomic E-state index is 12.9. The van der Waals surface area contributed by atoms with E-state index < -0.39 is 11.4 Å². The summed E-state index contributed by atoms with van der Waals surface area (Å²) < 4.78 is 27.8. The molecule has 2 N–H and O–H groups in total. The van der Waals surface area contributed by atoms with E-state index in [1.54, 1.807) is 12.1 Å². The summed E-state index contributed by atoms with van der Waals surface area (Å²) in [5.74, 6) is -0.290. The lowest BCUT2D eigenvalue weighted by molar-refractivity contribution is 0.278. The molecule has 0 amide bonds. The van der Waals surface area contributed by atoms with Crippen molar-refractivity contribution in [2.75, 3.05) is 6.61 Å². The highest BCUT2D eigenvalue weighted by atomic mass is 32.2. The van der Waals surface area contributed by atoms with Crippen LogP contribution in [0.25, 0.3) is 0 Å². The van der Waals surface area contributed by atoms with Gasteiger partial charge in [0.15, 0.2) is 0 Å². The third-order valence-corrected chi connectivity index (χ3v) is 4.34. The third kappa shape index (κ3) is 5.48. The van der Waals surface area contributed by atoms with Crippen LogP contribution in [0.1, 0.15) is 45.2 Å². The molecular weight excluding hydrogens is 265 g/mol. The normalized spacial score (nSPS) is 15.3. The molecule has 19 heavy (non-hydrogen) atoms. The lowest BCUT2D eigenvalue weighted by atomic mass is 10.0. The van der Waals surface area contributed by atoms with Crippen LogP contribution in [-0.4, -0.2) is 21.0 Å². The Kier molecular flexibility index (Phi) is 6.26. The fraction of sp³-hybridized carbons (Fsp3) is 0.571. The van der Waals surface area contributed by atoms with Crippen LogP contribution < -0.4 is 4.72 Å². The number of rotatable bonds is 6. The molecule has 0 heterocycles. The van der Waals surface area contributed by atoms with E-state index in [4.69, 9.17) is 5.11 Å². The summed E-state index contributed by atoms with van der Waals surface area (Å²) in [6, 6.07) is 6.01. The van der Waals surface area contributed by atoms with Crippen LogP contribution >= 0.6 is 0 Å². The zero-order valence-corrected chi connectivity index (χ0v) is 12.5. The van der Waals surface area contributed by atoms with Crippen molar-refractivity contribution in [2.45, 2.75) is 44.4 Å². The number of hydrogen-bond donors (Lipinski definition) is 2. The molecule has 0 aromatic heterocycles. The molecule has 0 bridgehead atoms. The van der Waals surface area contributed by atoms with Gasteiger partial charge in [-0.1, -0.05) is 12.1 Å². The van der Waals surface area contributed by atoms with Gasteiger partial charge in [0.1, 0.15) is 10.6 Å². The van der Waals surface area contributed by atoms with E-state index in [9.17, 15) is 8.94 Å². The molecule has 0 aliphatic heterocycles. The van der Waals surface area contributed by atoms with Gasteiger partial charge in [-0.2, -0.15) is 0 Å². The molecule has 0 radical (unpaired) electrons. The molecule has 1 aromatic rings. The number of hydrogen-bond acceptors (Lipinski definition) is 3. The average Bonchev–Trinajstić information content (AvgIpc) is 2.34. The van der Waals surface area contributed by atoms with Crippen LogP contribution in [0, 0.1) is 5.82 Å². The van der Waals surface area contributed by atoms with Crippen molar-refractivity contribution >= 4 is 11.4 Å². The van der Waals surface area contributed by atoms with Crippen molar-refractivity contribution in [2.24, 2.45) is 0 Å². The highest BCUT2D eigenvalue weighted by Crippen LogP contribution is 2.23. The summed E-state index contributed by atoms with van der Waals surface area (Å²) in [5.41, 5.74) is 0.882. The van der Waals surface area contributed by atoms with E-state index in [1.165, 1.54) is 12.1 Å². The van der Waals surface area contributed by atoms with E-state index in [1.807, 2.05) is 20.8 Å². The molecular formula is C14H22FNO2S. The van der Waals surface area contributed by atoms with Gasteiger partial charge in [-0.3, -0.25) is 0 Å². The Balaban J connectivity index is 2.79. The quantitative estimate of drug-likeness (QED) is 0.791. The highest BCUT2D eigenvalue weighted by Gasteiger charge is 2.29. The smallest absolute Gasteiger partial charge is 0.136 e. The largest absolute Gasteiger partial charge is 0.598 e. The number of nitrogens with one attached hydrogen (secondary N) is 1. The molecule has 5 heteroatoms. The van der Waals surface area contributed by atoms with Crippen molar-refractivity contribution in [3.63, 3.8) is 0 Å². The summed E-state index contributed by atoms with van der Waals surface area (Å²) >= 11 is -1.20. The van der Waals surface area contributed by atoms with Crippen LogP contribution in [0.2, 0.25) is 0 Å². The van der Waals surface area contributed by atoms with Crippen LogP contribution in [0.4, 0.5) is 4.39 Å². The van der Waals surface area contributed by atoms with Gasteiger partial charge in [0.25, 0.3) is 0 Å². The Labute approximate surface area is 117 Å². The predicted molar refractivity (Wildman–Crippen MR) is 76.5 cm³/mol. The van der Waals surface area contributed by atoms with Crippen LogP contribution in [0.15, 0.2) is 24.3 Å². The molecule has 0 saturated carbocycles. The van der Waals surface area contributed by atoms with Gasteiger partial charge in [0.05, 0.1) is 6.04 Å².